The number of halogens is 1. The van der Waals surface area contributed by atoms with E-state index in [1.807, 2.05) is 0 Å². The standard InChI is InChI=1S/C14H20FNO3/c1-17-9-13(18-2)8-16-7-12-6-10-5-11(15)3-4-14(10)19-12/h3-5,12-13,16H,6-9H2,1-2H3. The fourth-order valence-corrected chi connectivity index (χ4v) is 2.20. The van der Waals surface area contributed by atoms with Crippen LogP contribution in [0.1, 0.15) is 5.56 Å². The van der Waals surface area contributed by atoms with E-state index in [1.165, 1.54) is 12.1 Å². The molecule has 0 aromatic heterocycles. The van der Waals surface area contributed by atoms with Gasteiger partial charge in [-0.15, -0.1) is 0 Å². The molecule has 0 fully saturated rings. The SMILES string of the molecule is COCC(CNCC1Cc2cc(F)ccc2O1)OC. The first-order chi connectivity index (χ1) is 9.22. The Labute approximate surface area is 112 Å². The van der Waals surface area contributed by atoms with E-state index in [-0.39, 0.29) is 18.0 Å². The van der Waals surface area contributed by atoms with E-state index < -0.39 is 0 Å². The fourth-order valence-electron chi connectivity index (χ4n) is 2.20. The number of ether oxygens (including phenoxy) is 3. The van der Waals surface area contributed by atoms with Gasteiger partial charge in [-0.05, 0) is 18.2 Å². The van der Waals surface area contributed by atoms with Crippen LogP contribution in [0.3, 0.4) is 0 Å². The molecule has 0 spiro atoms. The zero-order valence-electron chi connectivity index (χ0n) is 11.3. The number of hydrogen-bond donors (Lipinski definition) is 1. The molecule has 2 atom stereocenters. The van der Waals surface area contributed by atoms with E-state index >= 15 is 0 Å². The summed E-state index contributed by atoms with van der Waals surface area (Å²) in [4.78, 5) is 0. The topological polar surface area (TPSA) is 39.7 Å². The summed E-state index contributed by atoms with van der Waals surface area (Å²) >= 11 is 0. The van der Waals surface area contributed by atoms with Gasteiger partial charge < -0.3 is 19.5 Å². The van der Waals surface area contributed by atoms with Crippen LogP contribution in [0.5, 0.6) is 5.75 Å². The second-order valence-corrected chi connectivity index (χ2v) is 4.67. The molecule has 0 amide bonds. The Hall–Kier alpha value is -1.17. The van der Waals surface area contributed by atoms with Crippen molar-refractivity contribution in [3.05, 3.63) is 29.6 Å². The highest BCUT2D eigenvalue weighted by Crippen LogP contribution is 2.28. The van der Waals surface area contributed by atoms with Crippen LogP contribution in [0.25, 0.3) is 0 Å². The number of benzene rings is 1. The molecule has 1 aromatic carbocycles. The first-order valence-corrected chi connectivity index (χ1v) is 6.40. The summed E-state index contributed by atoms with van der Waals surface area (Å²) in [6.45, 7) is 1.97. The first-order valence-electron chi connectivity index (χ1n) is 6.40. The van der Waals surface area contributed by atoms with Crippen LogP contribution in [0.2, 0.25) is 0 Å². The smallest absolute Gasteiger partial charge is 0.123 e. The third-order valence-electron chi connectivity index (χ3n) is 3.19. The van der Waals surface area contributed by atoms with E-state index in [1.54, 1.807) is 20.3 Å². The molecule has 1 aliphatic heterocycles. The summed E-state index contributed by atoms with van der Waals surface area (Å²) in [5, 5.41) is 3.29. The quantitative estimate of drug-likeness (QED) is 0.812. The van der Waals surface area contributed by atoms with Crippen molar-refractivity contribution >= 4 is 0 Å². The van der Waals surface area contributed by atoms with Gasteiger partial charge in [-0.2, -0.15) is 0 Å². The van der Waals surface area contributed by atoms with Crippen molar-refractivity contribution in [2.75, 3.05) is 33.9 Å². The Morgan fingerprint density at radius 1 is 1.47 bits per heavy atom. The van der Waals surface area contributed by atoms with E-state index in [2.05, 4.69) is 5.32 Å². The fraction of sp³-hybridized carbons (Fsp3) is 0.571. The van der Waals surface area contributed by atoms with Crippen LogP contribution >= 0.6 is 0 Å². The molecule has 2 unspecified atom stereocenters. The van der Waals surface area contributed by atoms with Gasteiger partial charge in [0.05, 0.1) is 12.7 Å². The zero-order chi connectivity index (χ0) is 13.7. The van der Waals surface area contributed by atoms with Crippen LogP contribution in [-0.4, -0.2) is 46.1 Å². The molecule has 106 valence electrons. The lowest BCUT2D eigenvalue weighted by Gasteiger charge is -2.17. The predicted octanol–water partition coefficient (Wildman–Crippen LogP) is 1.38. The normalized spacial score (nSPS) is 19.0. The summed E-state index contributed by atoms with van der Waals surface area (Å²) in [7, 11) is 3.31. The second kappa shape index (κ2) is 6.84. The largest absolute Gasteiger partial charge is 0.488 e. The number of hydrogen-bond acceptors (Lipinski definition) is 4. The Morgan fingerprint density at radius 3 is 3.05 bits per heavy atom. The summed E-state index contributed by atoms with van der Waals surface area (Å²) in [5.41, 5.74) is 0.937. The molecular formula is C14H20FNO3. The van der Waals surface area contributed by atoms with Crippen molar-refractivity contribution in [3.63, 3.8) is 0 Å². The van der Waals surface area contributed by atoms with Gasteiger partial charge in [0.1, 0.15) is 17.7 Å². The third kappa shape index (κ3) is 3.89. The van der Waals surface area contributed by atoms with Gasteiger partial charge in [0, 0.05) is 39.3 Å². The van der Waals surface area contributed by atoms with Gasteiger partial charge in [0.25, 0.3) is 0 Å². The zero-order valence-corrected chi connectivity index (χ0v) is 11.3. The van der Waals surface area contributed by atoms with Gasteiger partial charge in [0.15, 0.2) is 0 Å². The first kappa shape index (κ1) is 14.2. The molecule has 0 bridgehead atoms. The number of methoxy groups -OCH3 is 2. The highest BCUT2D eigenvalue weighted by molar-refractivity contribution is 5.37. The van der Waals surface area contributed by atoms with Crippen molar-refractivity contribution in [1.29, 1.82) is 0 Å². The highest BCUT2D eigenvalue weighted by atomic mass is 19.1. The minimum atomic E-state index is -0.212. The molecule has 5 heteroatoms. The van der Waals surface area contributed by atoms with E-state index in [9.17, 15) is 4.39 Å². The molecule has 1 aliphatic rings. The molecule has 0 saturated carbocycles. The maximum absolute atomic E-state index is 13.1. The van der Waals surface area contributed by atoms with Gasteiger partial charge in [-0.1, -0.05) is 0 Å². The Kier molecular flexibility index (Phi) is 5.13. The molecule has 19 heavy (non-hydrogen) atoms. The van der Waals surface area contributed by atoms with Crippen LogP contribution in [0, 0.1) is 5.82 Å². The predicted molar refractivity (Wildman–Crippen MR) is 70.1 cm³/mol. The number of nitrogens with one attached hydrogen (secondary N) is 1. The van der Waals surface area contributed by atoms with Gasteiger partial charge in [-0.25, -0.2) is 4.39 Å². The molecule has 1 aromatic rings. The monoisotopic (exact) mass is 269 g/mol. The van der Waals surface area contributed by atoms with Gasteiger partial charge >= 0.3 is 0 Å². The summed E-state index contributed by atoms with van der Waals surface area (Å²) in [5.74, 6) is 0.573. The Bertz CT molecular complexity index is 414. The van der Waals surface area contributed by atoms with Gasteiger partial charge in [-0.3, -0.25) is 0 Å². The molecule has 2 rings (SSSR count). The molecule has 0 aliphatic carbocycles. The van der Waals surface area contributed by atoms with Crippen molar-refractivity contribution < 1.29 is 18.6 Å². The minimum Gasteiger partial charge on any atom is -0.488 e. The average Bonchev–Trinajstić information content (AvgIpc) is 2.79. The molecule has 0 radical (unpaired) electrons. The lowest BCUT2D eigenvalue weighted by molar-refractivity contribution is 0.0278. The summed E-state index contributed by atoms with van der Waals surface area (Å²) < 4.78 is 29.1. The lowest BCUT2D eigenvalue weighted by Crippen LogP contribution is -2.37. The molecule has 4 nitrogen and oxygen atoms in total. The van der Waals surface area contributed by atoms with Crippen molar-refractivity contribution in [1.82, 2.24) is 5.32 Å². The maximum Gasteiger partial charge on any atom is 0.123 e. The van der Waals surface area contributed by atoms with Crippen LogP contribution in [0.15, 0.2) is 18.2 Å². The van der Waals surface area contributed by atoms with Crippen molar-refractivity contribution in [3.8, 4) is 5.75 Å². The third-order valence-corrected chi connectivity index (χ3v) is 3.19. The van der Waals surface area contributed by atoms with E-state index in [4.69, 9.17) is 14.2 Å². The van der Waals surface area contributed by atoms with Crippen LogP contribution < -0.4 is 10.1 Å². The van der Waals surface area contributed by atoms with Gasteiger partial charge in [0.2, 0.25) is 0 Å². The highest BCUT2D eigenvalue weighted by Gasteiger charge is 2.23. The van der Waals surface area contributed by atoms with Crippen molar-refractivity contribution in [2.45, 2.75) is 18.6 Å². The number of fused-ring (bicyclic) bond motifs is 1. The van der Waals surface area contributed by atoms with Crippen LogP contribution in [-0.2, 0) is 15.9 Å². The Balaban J connectivity index is 1.75. The minimum absolute atomic E-state index is 0.0335. The van der Waals surface area contributed by atoms with Crippen LogP contribution in [0.4, 0.5) is 4.39 Å². The summed E-state index contributed by atoms with van der Waals surface area (Å²) in [6, 6.07) is 4.65. The van der Waals surface area contributed by atoms with Crippen molar-refractivity contribution in [2.24, 2.45) is 0 Å². The van der Waals surface area contributed by atoms with E-state index in [0.29, 0.717) is 19.7 Å². The Morgan fingerprint density at radius 2 is 2.32 bits per heavy atom. The van der Waals surface area contributed by atoms with E-state index in [0.717, 1.165) is 17.7 Å². The number of rotatable bonds is 7. The second-order valence-electron chi connectivity index (χ2n) is 4.67. The molecular weight excluding hydrogens is 249 g/mol. The average molecular weight is 269 g/mol. The molecule has 1 heterocycles. The summed E-state index contributed by atoms with van der Waals surface area (Å²) in [6.07, 6.45) is 0.824. The molecule has 0 saturated heterocycles. The maximum atomic E-state index is 13.1. The molecule has 1 N–H and O–H groups in total. The lowest BCUT2D eigenvalue weighted by atomic mass is 10.1.